The highest BCUT2D eigenvalue weighted by molar-refractivity contribution is 5.00. The van der Waals surface area contributed by atoms with Crippen molar-refractivity contribution >= 4 is 0 Å². The third-order valence-electron chi connectivity index (χ3n) is 2.88. The molecule has 0 aromatic carbocycles. The number of aryl methyl sites for hydroxylation is 1. The van der Waals surface area contributed by atoms with Crippen molar-refractivity contribution in [2.75, 3.05) is 13.7 Å². The number of aromatic nitrogens is 2. The maximum absolute atomic E-state index is 9.29. The lowest BCUT2D eigenvalue weighted by molar-refractivity contribution is 0.156. The van der Waals surface area contributed by atoms with Gasteiger partial charge >= 0.3 is 0 Å². The van der Waals surface area contributed by atoms with Crippen molar-refractivity contribution in [3.63, 3.8) is 0 Å². The van der Waals surface area contributed by atoms with Crippen molar-refractivity contribution in [2.24, 2.45) is 0 Å². The van der Waals surface area contributed by atoms with Crippen molar-refractivity contribution in [1.29, 1.82) is 0 Å². The van der Waals surface area contributed by atoms with Crippen LogP contribution in [0, 0.1) is 6.92 Å². The van der Waals surface area contributed by atoms with E-state index < -0.39 is 0 Å². The summed E-state index contributed by atoms with van der Waals surface area (Å²) in [7, 11) is 1.87. The zero-order valence-corrected chi connectivity index (χ0v) is 9.99. The Morgan fingerprint density at radius 1 is 1.67 bits per heavy atom. The van der Waals surface area contributed by atoms with Crippen LogP contribution in [0.4, 0.5) is 0 Å². The third kappa shape index (κ3) is 3.04. The van der Waals surface area contributed by atoms with Crippen molar-refractivity contribution in [2.45, 2.75) is 38.8 Å². The minimum Gasteiger partial charge on any atom is -0.394 e. The van der Waals surface area contributed by atoms with Gasteiger partial charge in [-0.25, -0.2) is 0 Å². The molecule has 0 spiro atoms. The number of hydrogen-bond donors (Lipinski definition) is 2. The molecule has 2 N–H and O–H groups in total. The zero-order chi connectivity index (χ0) is 11.5. The number of aliphatic hydroxyl groups excluding tert-OH is 1. The summed E-state index contributed by atoms with van der Waals surface area (Å²) in [5.41, 5.74) is 0.927. The number of likely N-dealkylation sites (N-methyl/N-ethyl adjacent to an activating group) is 1. The van der Waals surface area contributed by atoms with Crippen LogP contribution in [0.3, 0.4) is 0 Å². The predicted octanol–water partition coefficient (Wildman–Crippen LogP) is 1.11. The zero-order valence-electron chi connectivity index (χ0n) is 9.99. The summed E-state index contributed by atoms with van der Waals surface area (Å²) >= 11 is 0. The van der Waals surface area contributed by atoms with Crippen molar-refractivity contribution in [3.05, 3.63) is 18.0 Å². The van der Waals surface area contributed by atoms with E-state index in [1.807, 2.05) is 38.0 Å². The van der Waals surface area contributed by atoms with Crippen molar-refractivity contribution < 1.29 is 5.11 Å². The molecule has 1 aromatic heterocycles. The molecule has 0 bridgehead atoms. The Hall–Kier alpha value is -0.870. The average molecular weight is 211 g/mol. The van der Waals surface area contributed by atoms with Crippen LogP contribution < -0.4 is 5.32 Å². The molecule has 0 fully saturated rings. The van der Waals surface area contributed by atoms with Gasteiger partial charge in [0.05, 0.1) is 18.8 Å². The smallest absolute Gasteiger partial charge is 0.0611 e. The Bertz CT molecular complexity index is 305. The van der Waals surface area contributed by atoms with Gasteiger partial charge in [0.1, 0.15) is 0 Å². The molecule has 86 valence electrons. The summed E-state index contributed by atoms with van der Waals surface area (Å²) in [6, 6.07) is 0.281. The number of rotatable bonds is 5. The van der Waals surface area contributed by atoms with E-state index in [0.29, 0.717) is 0 Å². The molecule has 2 unspecified atom stereocenters. The van der Waals surface area contributed by atoms with E-state index in [1.165, 1.54) is 0 Å². The quantitative estimate of drug-likeness (QED) is 0.767. The van der Waals surface area contributed by atoms with Crippen LogP contribution in [0.5, 0.6) is 0 Å². The summed E-state index contributed by atoms with van der Waals surface area (Å²) in [5, 5.41) is 16.7. The van der Waals surface area contributed by atoms with Gasteiger partial charge in [-0.1, -0.05) is 0 Å². The topological polar surface area (TPSA) is 50.1 Å². The molecule has 0 saturated heterocycles. The molecule has 0 amide bonds. The third-order valence-corrected chi connectivity index (χ3v) is 2.88. The molecule has 1 aromatic rings. The standard InChI is InChI=1S/C11H21N3O/c1-9-6-13-14(7-9)10(2)5-11(3,8-15)12-4/h6-7,10,12,15H,5,8H2,1-4H3. The van der Waals surface area contributed by atoms with E-state index in [9.17, 15) is 5.11 Å². The van der Waals surface area contributed by atoms with Crippen LogP contribution in [0.2, 0.25) is 0 Å². The molecular weight excluding hydrogens is 190 g/mol. The van der Waals surface area contributed by atoms with Gasteiger partial charge in [-0.2, -0.15) is 5.10 Å². The first kappa shape index (κ1) is 12.2. The first-order valence-electron chi connectivity index (χ1n) is 5.31. The van der Waals surface area contributed by atoms with Crippen LogP contribution in [0.25, 0.3) is 0 Å². The van der Waals surface area contributed by atoms with E-state index in [1.54, 1.807) is 0 Å². The van der Waals surface area contributed by atoms with Gasteiger partial charge in [0.25, 0.3) is 0 Å². The number of nitrogens with one attached hydrogen (secondary N) is 1. The average Bonchev–Trinajstić information content (AvgIpc) is 2.65. The molecule has 15 heavy (non-hydrogen) atoms. The normalized spacial score (nSPS) is 17.4. The predicted molar refractivity (Wildman–Crippen MR) is 60.8 cm³/mol. The Balaban J connectivity index is 2.66. The summed E-state index contributed by atoms with van der Waals surface area (Å²) in [5.74, 6) is 0. The van der Waals surface area contributed by atoms with E-state index >= 15 is 0 Å². The van der Waals surface area contributed by atoms with Gasteiger partial charge in [-0.15, -0.1) is 0 Å². The molecule has 4 nitrogen and oxygen atoms in total. The second kappa shape index (κ2) is 4.77. The van der Waals surface area contributed by atoms with Crippen LogP contribution in [-0.4, -0.2) is 34.1 Å². The highest BCUT2D eigenvalue weighted by Crippen LogP contribution is 2.19. The van der Waals surface area contributed by atoms with Crippen LogP contribution in [0.1, 0.15) is 31.9 Å². The molecule has 0 saturated carbocycles. The molecule has 0 aliphatic heterocycles. The van der Waals surface area contributed by atoms with Crippen molar-refractivity contribution in [3.8, 4) is 0 Å². The van der Waals surface area contributed by atoms with Crippen LogP contribution in [-0.2, 0) is 0 Å². The van der Waals surface area contributed by atoms with E-state index in [2.05, 4.69) is 17.3 Å². The maximum Gasteiger partial charge on any atom is 0.0611 e. The fourth-order valence-corrected chi connectivity index (χ4v) is 1.67. The van der Waals surface area contributed by atoms with Gasteiger partial charge in [0.15, 0.2) is 0 Å². The largest absolute Gasteiger partial charge is 0.394 e. The molecule has 0 radical (unpaired) electrons. The summed E-state index contributed by atoms with van der Waals surface area (Å²) in [6.07, 6.45) is 4.73. The number of aliphatic hydroxyl groups is 1. The summed E-state index contributed by atoms with van der Waals surface area (Å²) in [4.78, 5) is 0. The minimum absolute atomic E-state index is 0.133. The Morgan fingerprint density at radius 3 is 2.73 bits per heavy atom. The molecule has 0 aliphatic rings. The SMILES string of the molecule is CNC(C)(CO)CC(C)n1cc(C)cn1. The maximum atomic E-state index is 9.29. The molecular formula is C11H21N3O. The lowest BCUT2D eigenvalue weighted by Gasteiger charge is -2.30. The first-order valence-corrected chi connectivity index (χ1v) is 5.31. The van der Waals surface area contributed by atoms with Gasteiger partial charge < -0.3 is 10.4 Å². The van der Waals surface area contributed by atoms with Gasteiger partial charge in [-0.05, 0) is 39.8 Å². The first-order chi connectivity index (χ1) is 7.00. The molecule has 1 heterocycles. The Kier molecular flexibility index (Phi) is 3.88. The van der Waals surface area contributed by atoms with Gasteiger partial charge in [-0.3, -0.25) is 4.68 Å². The van der Waals surface area contributed by atoms with Gasteiger partial charge in [0.2, 0.25) is 0 Å². The van der Waals surface area contributed by atoms with E-state index in [0.717, 1.165) is 12.0 Å². The Labute approximate surface area is 91.3 Å². The lowest BCUT2D eigenvalue weighted by Crippen LogP contribution is -2.45. The van der Waals surface area contributed by atoms with E-state index in [-0.39, 0.29) is 18.2 Å². The molecule has 0 aliphatic carbocycles. The fourth-order valence-electron chi connectivity index (χ4n) is 1.67. The number of nitrogens with zero attached hydrogens (tertiary/aromatic N) is 2. The second-order valence-electron chi connectivity index (χ2n) is 4.52. The van der Waals surface area contributed by atoms with Crippen molar-refractivity contribution in [1.82, 2.24) is 15.1 Å². The fraction of sp³-hybridized carbons (Fsp3) is 0.727. The van der Waals surface area contributed by atoms with Crippen LogP contribution in [0.15, 0.2) is 12.4 Å². The monoisotopic (exact) mass is 211 g/mol. The van der Waals surface area contributed by atoms with Crippen LogP contribution >= 0.6 is 0 Å². The second-order valence-corrected chi connectivity index (χ2v) is 4.52. The van der Waals surface area contributed by atoms with Gasteiger partial charge in [0, 0.05) is 11.7 Å². The number of hydrogen-bond acceptors (Lipinski definition) is 3. The Morgan fingerprint density at radius 2 is 2.33 bits per heavy atom. The lowest BCUT2D eigenvalue weighted by atomic mass is 9.95. The van der Waals surface area contributed by atoms with E-state index in [4.69, 9.17) is 0 Å². The summed E-state index contributed by atoms with van der Waals surface area (Å²) < 4.78 is 1.95. The molecule has 4 heteroatoms. The highest BCUT2D eigenvalue weighted by Gasteiger charge is 2.24. The minimum atomic E-state index is -0.237. The summed E-state index contributed by atoms with van der Waals surface area (Å²) in [6.45, 7) is 6.28. The molecule has 2 atom stereocenters. The highest BCUT2D eigenvalue weighted by atomic mass is 16.3. The molecule has 1 rings (SSSR count).